The second-order valence-corrected chi connectivity index (χ2v) is 6.87. The fourth-order valence-corrected chi connectivity index (χ4v) is 3.47. The Morgan fingerprint density at radius 2 is 2.10 bits per heavy atom. The van der Waals surface area contributed by atoms with E-state index < -0.39 is 0 Å². The molecule has 0 amide bonds. The minimum Gasteiger partial charge on any atom is -0.378 e. The number of ether oxygens (including phenoxy) is 1. The van der Waals surface area contributed by atoms with Crippen LogP contribution in [0.2, 0.25) is 0 Å². The molecule has 0 saturated heterocycles. The van der Waals surface area contributed by atoms with Crippen LogP contribution in [0, 0.1) is 0 Å². The third kappa shape index (κ3) is 6.09. The fourth-order valence-electron chi connectivity index (χ4n) is 3.05. The maximum absolute atomic E-state index is 5.98. The van der Waals surface area contributed by atoms with Gasteiger partial charge in [-0.1, -0.05) is 54.2 Å². The topological polar surface area (TPSA) is 21.3 Å². The summed E-state index contributed by atoms with van der Waals surface area (Å²) in [7, 11) is 0. The van der Waals surface area contributed by atoms with Gasteiger partial charge in [-0.05, 0) is 49.9 Å². The van der Waals surface area contributed by atoms with Crippen LogP contribution in [0.5, 0.6) is 0 Å². The first-order chi connectivity index (χ1) is 10.3. The largest absolute Gasteiger partial charge is 0.378 e. The van der Waals surface area contributed by atoms with Crippen molar-refractivity contribution in [2.24, 2.45) is 0 Å². The minimum atomic E-state index is 0.442. The Morgan fingerprint density at radius 3 is 2.81 bits per heavy atom. The lowest BCUT2D eigenvalue weighted by atomic mass is 9.98. The predicted octanol–water partition coefficient (Wildman–Crippen LogP) is 5.23. The van der Waals surface area contributed by atoms with Crippen LogP contribution in [-0.2, 0) is 4.74 Å². The van der Waals surface area contributed by atoms with Gasteiger partial charge in [-0.25, -0.2) is 0 Å². The Labute approximate surface area is 137 Å². The molecule has 1 unspecified atom stereocenters. The van der Waals surface area contributed by atoms with E-state index in [0.717, 1.165) is 30.5 Å². The molecule has 21 heavy (non-hydrogen) atoms. The number of hydrogen-bond acceptors (Lipinski definition) is 2. The van der Waals surface area contributed by atoms with Gasteiger partial charge in [0, 0.05) is 17.1 Å². The number of benzene rings is 1. The van der Waals surface area contributed by atoms with Crippen molar-refractivity contribution in [3.63, 3.8) is 0 Å². The molecule has 1 N–H and O–H groups in total. The van der Waals surface area contributed by atoms with E-state index >= 15 is 0 Å². The van der Waals surface area contributed by atoms with Crippen LogP contribution in [0.1, 0.15) is 63.5 Å². The van der Waals surface area contributed by atoms with Crippen LogP contribution < -0.4 is 5.32 Å². The molecule has 0 spiro atoms. The molecular weight excluding hydrogens is 326 g/mol. The molecule has 118 valence electrons. The third-order valence-electron chi connectivity index (χ3n) is 4.28. The Bertz CT molecular complexity index is 404. The first-order valence-electron chi connectivity index (χ1n) is 8.40. The molecule has 1 saturated carbocycles. The normalized spacial score (nSPS) is 17.8. The zero-order valence-electron chi connectivity index (χ0n) is 13.1. The summed E-state index contributed by atoms with van der Waals surface area (Å²) in [5, 5.41) is 3.65. The second kappa shape index (κ2) is 9.60. The van der Waals surface area contributed by atoms with Gasteiger partial charge in [0.2, 0.25) is 0 Å². The Balaban J connectivity index is 1.64. The van der Waals surface area contributed by atoms with Crippen molar-refractivity contribution in [3.8, 4) is 0 Å². The lowest BCUT2D eigenvalue weighted by Crippen LogP contribution is -2.24. The minimum absolute atomic E-state index is 0.442. The summed E-state index contributed by atoms with van der Waals surface area (Å²) in [4.78, 5) is 0. The highest BCUT2D eigenvalue weighted by Crippen LogP contribution is 2.21. The van der Waals surface area contributed by atoms with Crippen LogP contribution in [0.15, 0.2) is 28.7 Å². The lowest BCUT2D eigenvalue weighted by molar-refractivity contribution is 0.0271. The fraction of sp³-hybridized carbons (Fsp3) is 0.667. The second-order valence-electron chi connectivity index (χ2n) is 5.95. The zero-order chi connectivity index (χ0) is 14.9. The molecule has 1 aliphatic rings. The van der Waals surface area contributed by atoms with E-state index in [1.807, 2.05) is 0 Å². The van der Waals surface area contributed by atoms with Crippen molar-refractivity contribution in [2.75, 3.05) is 13.2 Å². The van der Waals surface area contributed by atoms with Gasteiger partial charge in [0.15, 0.2) is 0 Å². The number of halogens is 1. The van der Waals surface area contributed by atoms with Gasteiger partial charge >= 0.3 is 0 Å². The highest BCUT2D eigenvalue weighted by molar-refractivity contribution is 9.10. The van der Waals surface area contributed by atoms with Crippen molar-refractivity contribution in [2.45, 2.75) is 64.0 Å². The number of rotatable bonds is 8. The molecule has 0 heterocycles. The van der Waals surface area contributed by atoms with E-state index in [0.29, 0.717) is 12.1 Å². The molecule has 2 nitrogen and oxygen atoms in total. The van der Waals surface area contributed by atoms with Gasteiger partial charge in [-0.3, -0.25) is 0 Å². The van der Waals surface area contributed by atoms with Crippen molar-refractivity contribution in [1.29, 1.82) is 0 Å². The standard InChI is InChI=1S/C18H28BrNO/c1-2-18(15-8-6-9-16(19)14-15)20-12-7-13-21-17-10-4-3-5-11-17/h6,8-9,14,17-18,20H,2-5,7,10-13H2,1H3. The molecule has 0 aromatic heterocycles. The molecule has 0 bridgehead atoms. The quantitative estimate of drug-likeness (QED) is 0.646. The molecule has 0 radical (unpaired) electrons. The molecule has 2 rings (SSSR count). The molecular formula is C18H28BrNO. The van der Waals surface area contributed by atoms with E-state index in [1.54, 1.807) is 0 Å². The van der Waals surface area contributed by atoms with Crippen molar-refractivity contribution >= 4 is 15.9 Å². The number of nitrogens with one attached hydrogen (secondary N) is 1. The molecule has 1 aromatic rings. The summed E-state index contributed by atoms with van der Waals surface area (Å²) >= 11 is 3.55. The van der Waals surface area contributed by atoms with Crippen molar-refractivity contribution in [1.82, 2.24) is 5.32 Å². The van der Waals surface area contributed by atoms with Gasteiger partial charge in [0.25, 0.3) is 0 Å². The number of hydrogen-bond donors (Lipinski definition) is 1. The molecule has 1 aromatic carbocycles. The van der Waals surface area contributed by atoms with Gasteiger partial charge in [0.05, 0.1) is 6.10 Å². The average Bonchev–Trinajstić information content (AvgIpc) is 2.52. The van der Waals surface area contributed by atoms with Gasteiger partial charge in [-0.15, -0.1) is 0 Å². The summed E-state index contributed by atoms with van der Waals surface area (Å²) in [6.07, 6.45) is 9.37. The molecule has 3 heteroatoms. The maximum atomic E-state index is 5.98. The zero-order valence-corrected chi connectivity index (χ0v) is 14.7. The average molecular weight is 354 g/mol. The summed E-state index contributed by atoms with van der Waals surface area (Å²) < 4.78 is 7.13. The Morgan fingerprint density at radius 1 is 1.29 bits per heavy atom. The monoisotopic (exact) mass is 353 g/mol. The van der Waals surface area contributed by atoms with Crippen LogP contribution in [0.4, 0.5) is 0 Å². The Kier molecular flexibility index (Phi) is 7.76. The van der Waals surface area contributed by atoms with E-state index in [9.17, 15) is 0 Å². The highest BCUT2D eigenvalue weighted by atomic mass is 79.9. The van der Waals surface area contributed by atoms with Gasteiger partial charge in [-0.2, -0.15) is 0 Å². The Hall–Kier alpha value is -0.380. The van der Waals surface area contributed by atoms with E-state index in [1.165, 1.54) is 37.7 Å². The molecule has 0 aliphatic heterocycles. The molecule has 1 atom stereocenters. The summed E-state index contributed by atoms with van der Waals surface area (Å²) in [5.41, 5.74) is 1.36. The van der Waals surface area contributed by atoms with Crippen LogP contribution in [0.3, 0.4) is 0 Å². The van der Waals surface area contributed by atoms with E-state index in [-0.39, 0.29) is 0 Å². The lowest BCUT2D eigenvalue weighted by Gasteiger charge is -2.22. The summed E-state index contributed by atoms with van der Waals surface area (Å²) in [5.74, 6) is 0. The SMILES string of the molecule is CCC(NCCCOC1CCCCC1)c1cccc(Br)c1. The highest BCUT2D eigenvalue weighted by Gasteiger charge is 2.13. The molecule has 1 fully saturated rings. The third-order valence-corrected chi connectivity index (χ3v) is 4.77. The van der Waals surface area contributed by atoms with Gasteiger partial charge in [0.1, 0.15) is 0 Å². The summed E-state index contributed by atoms with van der Waals surface area (Å²) in [6.45, 7) is 4.15. The van der Waals surface area contributed by atoms with E-state index in [4.69, 9.17) is 4.74 Å². The van der Waals surface area contributed by atoms with Crippen molar-refractivity contribution in [3.05, 3.63) is 34.3 Å². The van der Waals surface area contributed by atoms with E-state index in [2.05, 4.69) is 52.4 Å². The predicted molar refractivity (Wildman–Crippen MR) is 92.6 cm³/mol. The van der Waals surface area contributed by atoms with Crippen LogP contribution in [-0.4, -0.2) is 19.3 Å². The molecule has 1 aliphatic carbocycles. The van der Waals surface area contributed by atoms with Crippen LogP contribution in [0.25, 0.3) is 0 Å². The van der Waals surface area contributed by atoms with Gasteiger partial charge < -0.3 is 10.1 Å². The smallest absolute Gasteiger partial charge is 0.0575 e. The first kappa shape index (κ1) is 17.0. The first-order valence-corrected chi connectivity index (χ1v) is 9.19. The van der Waals surface area contributed by atoms with Crippen molar-refractivity contribution < 1.29 is 4.74 Å². The summed E-state index contributed by atoms with van der Waals surface area (Å²) in [6, 6.07) is 9.03. The maximum Gasteiger partial charge on any atom is 0.0575 e. The van der Waals surface area contributed by atoms with Crippen LogP contribution >= 0.6 is 15.9 Å².